The van der Waals surface area contributed by atoms with Gasteiger partial charge in [0.25, 0.3) is 0 Å². The number of ether oxygens (including phenoxy) is 1. The molecular weight excluding hydrogens is 200 g/mol. The minimum absolute atomic E-state index is 0.720. The quantitative estimate of drug-likeness (QED) is 0.666. The van der Waals surface area contributed by atoms with Crippen molar-refractivity contribution in [2.45, 2.75) is 38.6 Å². The van der Waals surface area contributed by atoms with Gasteiger partial charge in [0.05, 0.1) is 13.2 Å². The third-order valence-corrected chi connectivity index (χ3v) is 3.63. The first-order valence-electron chi connectivity index (χ1n) is 6.88. The van der Waals surface area contributed by atoms with E-state index in [1.165, 1.54) is 38.8 Å². The van der Waals surface area contributed by atoms with Crippen molar-refractivity contribution in [1.29, 1.82) is 0 Å². The van der Waals surface area contributed by atoms with Crippen LogP contribution < -0.4 is 5.32 Å². The minimum Gasteiger partial charge on any atom is -0.379 e. The summed E-state index contributed by atoms with van der Waals surface area (Å²) in [6.45, 7) is 8.82. The molecule has 2 fully saturated rings. The molecule has 0 aromatic carbocycles. The zero-order valence-corrected chi connectivity index (χ0v) is 10.6. The second-order valence-corrected chi connectivity index (χ2v) is 5.34. The average Bonchev–Trinajstić information content (AvgIpc) is 3.10. The number of rotatable bonds is 7. The van der Waals surface area contributed by atoms with Crippen LogP contribution in [0.25, 0.3) is 0 Å². The molecule has 2 rings (SSSR count). The lowest BCUT2D eigenvalue weighted by molar-refractivity contribution is 0.0374. The minimum atomic E-state index is 0.720. The highest BCUT2D eigenvalue weighted by molar-refractivity contribution is 4.78. The van der Waals surface area contributed by atoms with Crippen molar-refractivity contribution in [2.24, 2.45) is 5.92 Å². The van der Waals surface area contributed by atoms with E-state index in [0.29, 0.717) is 0 Å². The summed E-state index contributed by atoms with van der Waals surface area (Å²) >= 11 is 0. The second-order valence-electron chi connectivity index (χ2n) is 5.34. The summed E-state index contributed by atoms with van der Waals surface area (Å²) in [6.07, 6.45) is 5.60. The van der Waals surface area contributed by atoms with Crippen molar-refractivity contribution in [1.82, 2.24) is 10.2 Å². The number of hydrogen-bond acceptors (Lipinski definition) is 3. The first-order chi connectivity index (χ1) is 7.84. The third-order valence-electron chi connectivity index (χ3n) is 3.63. The maximum atomic E-state index is 5.34. The van der Waals surface area contributed by atoms with Gasteiger partial charge in [-0.25, -0.2) is 0 Å². The van der Waals surface area contributed by atoms with Gasteiger partial charge in [-0.15, -0.1) is 0 Å². The largest absolute Gasteiger partial charge is 0.379 e. The highest BCUT2D eigenvalue weighted by Crippen LogP contribution is 2.33. The highest BCUT2D eigenvalue weighted by Gasteiger charge is 2.23. The van der Waals surface area contributed by atoms with Gasteiger partial charge in [-0.1, -0.05) is 12.8 Å². The van der Waals surface area contributed by atoms with E-state index in [9.17, 15) is 0 Å². The molecule has 1 aliphatic carbocycles. The van der Waals surface area contributed by atoms with Gasteiger partial charge in [0.15, 0.2) is 0 Å². The summed E-state index contributed by atoms with van der Waals surface area (Å²) in [5.74, 6) is 1.04. The Bertz CT molecular complexity index is 188. The van der Waals surface area contributed by atoms with Crippen molar-refractivity contribution in [2.75, 3.05) is 39.4 Å². The van der Waals surface area contributed by atoms with Crippen molar-refractivity contribution in [3.8, 4) is 0 Å². The topological polar surface area (TPSA) is 24.5 Å². The van der Waals surface area contributed by atoms with Crippen LogP contribution in [0.5, 0.6) is 0 Å². The lowest BCUT2D eigenvalue weighted by Crippen LogP contribution is -2.38. The molecule has 1 N–H and O–H groups in total. The third kappa shape index (κ3) is 4.81. The molecule has 1 saturated carbocycles. The molecule has 1 heterocycles. The number of nitrogens with one attached hydrogen (secondary N) is 1. The van der Waals surface area contributed by atoms with E-state index >= 15 is 0 Å². The first kappa shape index (κ1) is 12.3. The van der Waals surface area contributed by atoms with Crippen LogP contribution in [-0.4, -0.2) is 50.3 Å². The molecular formula is C13H26N2O. The van der Waals surface area contributed by atoms with Crippen LogP contribution in [0.15, 0.2) is 0 Å². The fourth-order valence-corrected chi connectivity index (χ4v) is 2.41. The molecule has 0 aromatic rings. The molecule has 0 bridgehead atoms. The molecule has 2 aliphatic rings. The van der Waals surface area contributed by atoms with E-state index in [1.807, 2.05) is 0 Å². The summed E-state index contributed by atoms with van der Waals surface area (Å²) in [4.78, 5) is 2.51. The summed E-state index contributed by atoms with van der Waals surface area (Å²) in [5, 5.41) is 3.64. The zero-order valence-electron chi connectivity index (χ0n) is 10.6. The van der Waals surface area contributed by atoms with Crippen LogP contribution in [0.3, 0.4) is 0 Å². The Kier molecular flexibility index (Phi) is 5.07. The van der Waals surface area contributed by atoms with Gasteiger partial charge in [-0.2, -0.15) is 0 Å². The number of morpholine rings is 1. The van der Waals surface area contributed by atoms with E-state index in [0.717, 1.165) is 38.3 Å². The molecule has 3 nitrogen and oxygen atoms in total. The Morgan fingerprint density at radius 3 is 2.75 bits per heavy atom. The highest BCUT2D eigenvalue weighted by atomic mass is 16.5. The van der Waals surface area contributed by atoms with Crippen LogP contribution in [0.4, 0.5) is 0 Å². The van der Waals surface area contributed by atoms with E-state index in [4.69, 9.17) is 4.74 Å². The molecule has 0 amide bonds. The molecule has 1 saturated heterocycles. The Morgan fingerprint density at radius 2 is 2.06 bits per heavy atom. The fourth-order valence-electron chi connectivity index (χ4n) is 2.41. The lowest BCUT2D eigenvalue weighted by atomic mass is 10.1. The summed E-state index contributed by atoms with van der Waals surface area (Å²) in [6, 6.07) is 0.720. The van der Waals surface area contributed by atoms with Crippen LogP contribution in [0.1, 0.15) is 32.6 Å². The summed E-state index contributed by atoms with van der Waals surface area (Å²) in [7, 11) is 0. The molecule has 1 unspecified atom stereocenters. The van der Waals surface area contributed by atoms with E-state index in [2.05, 4.69) is 17.1 Å². The number of nitrogens with zero attached hydrogens (tertiary/aromatic N) is 1. The van der Waals surface area contributed by atoms with Crippen LogP contribution in [0.2, 0.25) is 0 Å². The van der Waals surface area contributed by atoms with Gasteiger partial charge in [0, 0.05) is 19.1 Å². The van der Waals surface area contributed by atoms with Gasteiger partial charge < -0.3 is 10.1 Å². The van der Waals surface area contributed by atoms with Gasteiger partial charge in [-0.3, -0.25) is 4.90 Å². The monoisotopic (exact) mass is 226 g/mol. The van der Waals surface area contributed by atoms with Gasteiger partial charge in [0.2, 0.25) is 0 Å². The standard InChI is InChI=1S/C13H26N2O/c1-12(11-13-3-4-13)14-5-2-6-15-7-9-16-10-8-15/h12-14H,2-11H2,1H3. The predicted molar refractivity (Wildman–Crippen MR) is 66.7 cm³/mol. The molecule has 94 valence electrons. The SMILES string of the molecule is CC(CC1CC1)NCCCN1CCOCC1. The van der Waals surface area contributed by atoms with Crippen LogP contribution in [-0.2, 0) is 4.74 Å². The molecule has 1 aliphatic heterocycles. The Hall–Kier alpha value is -0.120. The number of hydrogen-bond donors (Lipinski definition) is 1. The first-order valence-corrected chi connectivity index (χ1v) is 6.88. The summed E-state index contributed by atoms with van der Waals surface area (Å²) < 4.78 is 5.34. The zero-order chi connectivity index (χ0) is 11.2. The molecule has 0 radical (unpaired) electrons. The fraction of sp³-hybridized carbons (Fsp3) is 1.00. The molecule has 0 spiro atoms. The maximum Gasteiger partial charge on any atom is 0.0594 e. The average molecular weight is 226 g/mol. The van der Waals surface area contributed by atoms with Crippen molar-refractivity contribution in [3.63, 3.8) is 0 Å². The molecule has 3 heteroatoms. The Morgan fingerprint density at radius 1 is 1.31 bits per heavy atom. The van der Waals surface area contributed by atoms with E-state index in [1.54, 1.807) is 0 Å². The van der Waals surface area contributed by atoms with E-state index in [-0.39, 0.29) is 0 Å². The van der Waals surface area contributed by atoms with E-state index < -0.39 is 0 Å². The van der Waals surface area contributed by atoms with Gasteiger partial charge in [0.1, 0.15) is 0 Å². The molecule has 16 heavy (non-hydrogen) atoms. The normalized spacial score (nSPS) is 24.6. The van der Waals surface area contributed by atoms with Crippen LogP contribution >= 0.6 is 0 Å². The van der Waals surface area contributed by atoms with Gasteiger partial charge >= 0.3 is 0 Å². The second kappa shape index (κ2) is 6.58. The summed E-state index contributed by atoms with van der Waals surface area (Å²) in [5.41, 5.74) is 0. The Balaban J connectivity index is 1.44. The predicted octanol–water partition coefficient (Wildman–Crippen LogP) is 1.49. The Labute approximate surface area is 99.5 Å². The van der Waals surface area contributed by atoms with Gasteiger partial charge in [-0.05, 0) is 38.8 Å². The maximum absolute atomic E-state index is 5.34. The lowest BCUT2D eigenvalue weighted by Gasteiger charge is -2.26. The van der Waals surface area contributed by atoms with Crippen molar-refractivity contribution >= 4 is 0 Å². The molecule has 1 atom stereocenters. The van der Waals surface area contributed by atoms with Crippen molar-refractivity contribution < 1.29 is 4.74 Å². The van der Waals surface area contributed by atoms with Crippen LogP contribution in [0, 0.1) is 5.92 Å². The van der Waals surface area contributed by atoms with Crippen molar-refractivity contribution in [3.05, 3.63) is 0 Å². The smallest absolute Gasteiger partial charge is 0.0594 e. The molecule has 0 aromatic heterocycles.